The monoisotopic (exact) mass is 226 g/mol. The summed E-state index contributed by atoms with van der Waals surface area (Å²) in [6.45, 7) is 7.04. The number of hydrogen-bond donors (Lipinski definition) is 1. The summed E-state index contributed by atoms with van der Waals surface area (Å²) in [6, 6.07) is 0.731. The molecule has 16 heavy (non-hydrogen) atoms. The first-order valence-corrected chi connectivity index (χ1v) is 6.38. The van der Waals surface area contributed by atoms with E-state index in [0.717, 1.165) is 32.1 Å². The van der Waals surface area contributed by atoms with Crippen molar-refractivity contribution in [1.82, 2.24) is 10.2 Å². The highest BCUT2D eigenvalue weighted by Crippen LogP contribution is 2.33. The minimum Gasteiger partial charge on any atom is -0.465 e. The van der Waals surface area contributed by atoms with Gasteiger partial charge in [0.25, 0.3) is 0 Å². The second-order valence-electron chi connectivity index (χ2n) is 4.78. The number of esters is 1. The molecular formula is C12H22N2O2. The molecule has 0 radical (unpaired) electrons. The predicted octanol–water partition coefficient (Wildman–Crippen LogP) is 0.766. The zero-order valence-corrected chi connectivity index (χ0v) is 10.3. The maximum Gasteiger partial charge on any atom is 0.327 e. The number of nitrogens with one attached hydrogen (secondary N) is 1. The smallest absolute Gasteiger partial charge is 0.327 e. The van der Waals surface area contributed by atoms with Crippen LogP contribution in [0.4, 0.5) is 0 Å². The molecular weight excluding hydrogens is 204 g/mol. The van der Waals surface area contributed by atoms with Gasteiger partial charge in [-0.15, -0.1) is 0 Å². The van der Waals surface area contributed by atoms with Crippen LogP contribution in [-0.4, -0.2) is 48.7 Å². The Bertz CT molecular complexity index is 266. The quantitative estimate of drug-likeness (QED) is 0.703. The van der Waals surface area contributed by atoms with Crippen LogP contribution >= 0.6 is 0 Å². The summed E-state index contributed by atoms with van der Waals surface area (Å²) in [4.78, 5) is 14.5. The van der Waals surface area contributed by atoms with Gasteiger partial charge < -0.3 is 10.1 Å². The summed E-state index contributed by atoms with van der Waals surface area (Å²) in [7, 11) is 0. The zero-order chi connectivity index (χ0) is 11.6. The van der Waals surface area contributed by atoms with E-state index in [2.05, 4.69) is 10.2 Å². The molecule has 2 aliphatic rings. The van der Waals surface area contributed by atoms with Crippen LogP contribution in [0.2, 0.25) is 0 Å². The fraction of sp³-hybridized carbons (Fsp3) is 0.917. The molecule has 2 rings (SSSR count). The number of likely N-dealkylation sites (tertiary alicyclic amines) is 1. The summed E-state index contributed by atoms with van der Waals surface area (Å²) >= 11 is 0. The van der Waals surface area contributed by atoms with E-state index < -0.39 is 5.54 Å². The van der Waals surface area contributed by atoms with Gasteiger partial charge in [0.1, 0.15) is 5.54 Å². The maximum absolute atomic E-state index is 12.0. The van der Waals surface area contributed by atoms with Gasteiger partial charge in [-0.05, 0) is 32.7 Å². The van der Waals surface area contributed by atoms with Gasteiger partial charge in [-0.2, -0.15) is 0 Å². The van der Waals surface area contributed by atoms with Crippen molar-refractivity contribution < 1.29 is 9.53 Å². The van der Waals surface area contributed by atoms with E-state index in [-0.39, 0.29) is 5.97 Å². The molecule has 1 saturated heterocycles. The SMILES string of the molecule is CCNC1(C(=O)OCC)CCN(C2CC2)C1. The van der Waals surface area contributed by atoms with Crippen molar-refractivity contribution in [2.75, 3.05) is 26.2 Å². The lowest BCUT2D eigenvalue weighted by molar-refractivity contribution is -0.150. The van der Waals surface area contributed by atoms with E-state index in [0.29, 0.717) is 6.61 Å². The van der Waals surface area contributed by atoms with Gasteiger partial charge in [-0.1, -0.05) is 6.92 Å². The van der Waals surface area contributed by atoms with Crippen LogP contribution in [0.25, 0.3) is 0 Å². The third kappa shape index (κ3) is 2.23. The van der Waals surface area contributed by atoms with E-state index in [4.69, 9.17) is 4.74 Å². The molecule has 0 aromatic rings. The molecule has 1 N–H and O–H groups in total. The van der Waals surface area contributed by atoms with Crippen molar-refractivity contribution in [3.63, 3.8) is 0 Å². The Morgan fingerprint density at radius 1 is 1.50 bits per heavy atom. The van der Waals surface area contributed by atoms with Gasteiger partial charge in [-0.3, -0.25) is 4.90 Å². The Morgan fingerprint density at radius 3 is 2.81 bits per heavy atom. The Morgan fingerprint density at radius 2 is 2.25 bits per heavy atom. The highest BCUT2D eigenvalue weighted by molar-refractivity contribution is 5.81. The van der Waals surface area contributed by atoms with Crippen LogP contribution in [0.3, 0.4) is 0 Å². The van der Waals surface area contributed by atoms with Crippen molar-refractivity contribution in [1.29, 1.82) is 0 Å². The minimum atomic E-state index is -0.437. The molecule has 1 atom stereocenters. The number of nitrogens with zero attached hydrogens (tertiary/aromatic N) is 1. The van der Waals surface area contributed by atoms with Gasteiger partial charge in [-0.25, -0.2) is 4.79 Å². The standard InChI is InChI=1S/C12H22N2O2/c1-3-13-12(11(15)16-4-2)7-8-14(9-12)10-5-6-10/h10,13H,3-9H2,1-2H3. The number of carbonyl (C=O) groups is 1. The molecule has 1 unspecified atom stereocenters. The molecule has 0 amide bonds. The molecule has 4 heteroatoms. The van der Waals surface area contributed by atoms with E-state index in [1.54, 1.807) is 0 Å². The first kappa shape index (κ1) is 11.9. The Balaban J connectivity index is 2.01. The van der Waals surface area contributed by atoms with Crippen molar-refractivity contribution in [3.05, 3.63) is 0 Å². The fourth-order valence-electron chi connectivity index (χ4n) is 2.58. The van der Waals surface area contributed by atoms with Crippen molar-refractivity contribution in [2.24, 2.45) is 0 Å². The maximum atomic E-state index is 12.0. The Kier molecular flexibility index (Phi) is 3.50. The molecule has 0 aromatic heterocycles. The fourth-order valence-corrected chi connectivity index (χ4v) is 2.58. The highest BCUT2D eigenvalue weighted by atomic mass is 16.5. The molecule has 0 bridgehead atoms. The van der Waals surface area contributed by atoms with Gasteiger partial charge >= 0.3 is 5.97 Å². The number of ether oxygens (including phenoxy) is 1. The van der Waals surface area contributed by atoms with E-state index in [9.17, 15) is 4.79 Å². The third-order valence-corrected chi connectivity index (χ3v) is 3.54. The van der Waals surface area contributed by atoms with Crippen LogP contribution in [0.15, 0.2) is 0 Å². The second kappa shape index (κ2) is 4.72. The Labute approximate surface area is 97.3 Å². The third-order valence-electron chi connectivity index (χ3n) is 3.54. The highest BCUT2D eigenvalue weighted by Gasteiger charge is 2.48. The molecule has 1 aliphatic carbocycles. The van der Waals surface area contributed by atoms with Gasteiger partial charge in [0.15, 0.2) is 0 Å². The topological polar surface area (TPSA) is 41.6 Å². The first-order chi connectivity index (χ1) is 7.72. The minimum absolute atomic E-state index is 0.0694. The number of likely N-dealkylation sites (N-methyl/N-ethyl adjacent to an activating group) is 1. The van der Waals surface area contributed by atoms with E-state index in [1.807, 2.05) is 13.8 Å². The van der Waals surface area contributed by atoms with Gasteiger partial charge in [0, 0.05) is 19.1 Å². The van der Waals surface area contributed by atoms with E-state index >= 15 is 0 Å². The van der Waals surface area contributed by atoms with Crippen molar-refractivity contribution in [3.8, 4) is 0 Å². The summed E-state index contributed by atoms with van der Waals surface area (Å²) in [5.41, 5.74) is -0.437. The average Bonchev–Trinajstić information content (AvgIpc) is 3.02. The van der Waals surface area contributed by atoms with Crippen molar-refractivity contribution in [2.45, 2.75) is 44.7 Å². The summed E-state index contributed by atoms with van der Waals surface area (Å²) in [5, 5.41) is 3.34. The van der Waals surface area contributed by atoms with Crippen LogP contribution in [0, 0.1) is 0 Å². The number of carbonyl (C=O) groups excluding carboxylic acids is 1. The normalized spacial score (nSPS) is 30.6. The van der Waals surface area contributed by atoms with Gasteiger partial charge in [0.05, 0.1) is 6.61 Å². The van der Waals surface area contributed by atoms with Crippen molar-refractivity contribution >= 4 is 5.97 Å². The molecule has 1 heterocycles. The molecule has 0 aromatic carbocycles. The summed E-state index contributed by atoms with van der Waals surface area (Å²) in [5.74, 6) is -0.0694. The molecule has 0 spiro atoms. The summed E-state index contributed by atoms with van der Waals surface area (Å²) < 4.78 is 5.20. The Hall–Kier alpha value is -0.610. The van der Waals surface area contributed by atoms with E-state index in [1.165, 1.54) is 12.8 Å². The van der Waals surface area contributed by atoms with Crippen LogP contribution in [0.5, 0.6) is 0 Å². The number of rotatable bonds is 5. The summed E-state index contributed by atoms with van der Waals surface area (Å²) in [6.07, 6.45) is 3.48. The average molecular weight is 226 g/mol. The lowest BCUT2D eigenvalue weighted by Gasteiger charge is -2.28. The largest absolute Gasteiger partial charge is 0.465 e. The lowest BCUT2D eigenvalue weighted by atomic mass is 9.99. The van der Waals surface area contributed by atoms with Crippen LogP contribution in [0.1, 0.15) is 33.1 Å². The van der Waals surface area contributed by atoms with Crippen LogP contribution in [-0.2, 0) is 9.53 Å². The van der Waals surface area contributed by atoms with Gasteiger partial charge in [0.2, 0.25) is 0 Å². The molecule has 2 fully saturated rings. The lowest BCUT2D eigenvalue weighted by Crippen LogP contribution is -2.55. The molecule has 1 saturated carbocycles. The molecule has 4 nitrogen and oxygen atoms in total. The number of hydrogen-bond acceptors (Lipinski definition) is 4. The van der Waals surface area contributed by atoms with Crippen LogP contribution < -0.4 is 5.32 Å². The molecule has 1 aliphatic heterocycles. The first-order valence-electron chi connectivity index (χ1n) is 6.38. The molecule has 92 valence electrons. The second-order valence-corrected chi connectivity index (χ2v) is 4.78. The predicted molar refractivity (Wildman–Crippen MR) is 62.3 cm³/mol. The zero-order valence-electron chi connectivity index (χ0n) is 10.3.